The average Bonchev–Trinajstić information content (AvgIpc) is 3.24. The summed E-state index contributed by atoms with van der Waals surface area (Å²) < 4.78 is 6.56. The van der Waals surface area contributed by atoms with E-state index >= 15 is 0 Å². The van der Waals surface area contributed by atoms with Gasteiger partial charge in [-0.05, 0) is 30.2 Å². The fourth-order valence-corrected chi connectivity index (χ4v) is 3.28. The summed E-state index contributed by atoms with van der Waals surface area (Å²) in [5.74, 6) is -3.98. The van der Waals surface area contributed by atoms with Crippen molar-refractivity contribution in [1.29, 1.82) is 0 Å². The maximum absolute atomic E-state index is 12.7. The number of ether oxygens (including phenoxy) is 1. The Bertz CT molecular complexity index is 1000. The lowest BCUT2D eigenvalue weighted by atomic mass is 10.0. The quantitative estimate of drug-likeness (QED) is 0.563. The van der Waals surface area contributed by atoms with Crippen molar-refractivity contribution in [2.24, 2.45) is 13.0 Å². The number of rotatable bonds is 6. The molecule has 0 aliphatic carbocycles. The van der Waals surface area contributed by atoms with Gasteiger partial charge in [0.15, 0.2) is 6.61 Å². The lowest BCUT2D eigenvalue weighted by Gasteiger charge is -2.27. The molecule has 0 spiro atoms. The van der Waals surface area contributed by atoms with Crippen molar-refractivity contribution in [3.63, 3.8) is 0 Å². The van der Waals surface area contributed by atoms with Crippen LogP contribution in [0, 0.1) is 5.92 Å². The minimum atomic E-state index is -1.20. The van der Waals surface area contributed by atoms with Crippen molar-refractivity contribution in [1.82, 2.24) is 14.8 Å². The van der Waals surface area contributed by atoms with E-state index in [1.54, 1.807) is 45.3 Å². The van der Waals surface area contributed by atoms with E-state index in [0.29, 0.717) is 0 Å². The van der Waals surface area contributed by atoms with E-state index in [-0.39, 0.29) is 16.8 Å². The number of aromatic nitrogens is 1. The number of amides is 4. The summed E-state index contributed by atoms with van der Waals surface area (Å²) in [5.41, 5.74) is 0.694. The van der Waals surface area contributed by atoms with Gasteiger partial charge in [-0.3, -0.25) is 29.4 Å². The second-order valence-electron chi connectivity index (χ2n) is 7.20. The molecule has 2 aromatic rings. The van der Waals surface area contributed by atoms with Gasteiger partial charge in [-0.1, -0.05) is 26.0 Å². The first-order valence-corrected chi connectivity index (χ1v) is 9.31. The van der Waals surface area contributed by atoms with Gasteiger partial charge in [0.05, 0.1) is 11.1 Å². The van der Waals surface area contributed by atoms with Crippen molar-refractivity contribution < 1.29 is 28.7 Å². The van der Waals surface area contributed by atoms with Crippen molar-refractivity contribution in [3.8, 4) is 0 Å². The fourth-order valence-electron chi connectivity index (χ4n) is 3.28. The van der Waals surface area contributed by atoms with Crippen LogP contribution in [0.4, 0.5) is 0 Å². The number of hydrogen-bond donors (Lipinski definition) is 1. The molecular formula is C21H21N3O6. The van der Waals surface area contributed by atoms with Gasteiger partial charge in [0, 0.05) is 13.2 Å². The Hall–Kier alpha value is -3.75. The molecule has 0 saturated heterocycles. The molecule has 1 aromatic heterocycles. The number of hydrogen-bond acceptors (Lipinski definition) is 6. The van der Waals surface area contributed by atoms with Crippen LogP contribution in [-0.4, -0.2) is 51.7 Å². The van der Waals surface area contributed by atoms with Gasteiger partial charge in [-0.2, -0.15) is 0 Å². The zero-order chi connectivity index (χ0) is 22.0. The summed E-state index contributed by atoms with van der Waals surface area (Å²) in [5, 5.41) is 2.12. The van der Waals surface area contributed by atoms with Crippen molar-refractivity contribution >= 4 is 29.6 Å². The lowest BCUT2D eigenvalue weighted by Crippen LogP contribution is -2.49. The Balaban J connectivity index is 1.66. The predicted octanol–water partition coefficient (Wildman–Crippen LogP) is 1.15. The maximum atomic E-state index is 12.7. The van der Waals surface area contributed by atoms with E-state index in [2.05, 4.69) is 5.32 Å². The van der Waals surface area contributed by atoms with Gasteiger partial charge in [-0.25, -0.2) is 4.79 Å². The number of nitrogens with one attached hydrogen (secondary N) is 1. The Morgan fingerprint density at radius 3 is 2.10 bits per heavy atom. The molecular weight excluding hydrogens is 390 g/mol. The highest BCUT2D eigenvalue weighted by molar-refractivity contribution is 6.22. The third-order valence-electron chi connectivity index (χ3n) is 4.75. The molecule has 9 nitrogen and oxygen atoms in total. The second-order valence-corrected chi connectivity index (χ2v) is 7.20. The smallest absolute Gasteiger partial charge is 0.330 e. The van der Waals surface area contributed by atoms with Crippen LogP contribution in [0.2, 0.25) is 0 Å². The Labute approximate surface area is 172 Å². The first kappa shape index (κ1) is 21.0. The first-order valence-electron chi connectivity index (χ1n) is 9.31. The average molecular weight is 411 g/mol. The van der Waals surface area contributed by atoms with E-state index < -0.39 is 48.2 Å². The molecule has 0 radical (unpaired) electrons. The molecule has 1 aromatic carbocycles. The van der Waals surface area contributed by atoms with E-state index in [0.717, 1.165) is 4.90 Å². The number of nitrogens with zero attached hydrogens (tertiary/aromatic N) is 2. The monoisotopic (exact) mass is 411 g/mol. The van der Waals surface area contributed by atoms with Crippen LogP contribution in [0.1, 0.15) is 45.1 Å². The molecule has 3 rings (SSSR count). The molecule has 1 atom stereocenters. The number of aryl methyl sites for hydroxylation is 1. The SMILES string of the molecule is CC(C)[C@@H](C(=O)OCC(=O)NC(=O)c1cccn1C)N1C(=O)c2ccccc2C1=O. The van der Waals surface area contributed by atoms with E-state index in [1.165, 1.54) is 22.8 Å². The third kappa shape index (κ3) is 3.86. The summed E-state index contributed by atoms with van der Waals surface area (Å²) in [4.78, 5) is 62.9. The minimum absolute atomic E-state index is 0.215. The van der Waals surface area contributed by atoms with E-state index in [1.807, 2.05) is 0 Å². The molecule has 9 heteroatoms. The van der Waals surface area contributed by atoms with Gasteiger partial charge >= 0.3 is 5.97 Å². The predicted molar refractivity (Wildman–Crippen MR) is 104 cm³/mol. The molecule has 1 aliphatic heterocycles. The highest BCUT2D eigenvalue weighted by Crippen LogP contribution is 2.27. The van der Waals surface area contributed by atoms with Crippen molar-refractivity contribution in [2.75, 3.05) is 6.61 Å². The molecule has 2 heterocycles. The first-order chi connectivity index (χ1) is 14.2. The second kappa shape index (κ2) is 8.32. The van der Waals surface area contributed by atoms with Crippen molar-refractivity contribution in [3.05, 3.63) is 59.4 Å². The minimum Gasteiger partial charge on any atom is -0.454 e. The summed E-state index contributed by atoms with van der Waals surface area (Å²) in [7, 11) is 1.65. The number of imide groups is 2. The standard InChI is InChI=1S/C21H21N3O6/c1-12(2)17(24-19(27)13-7-4-5-8-14(13)20(24)28)21(29)30-11-16(25)22-18(26)15-9-6-10-23(15)3/h4-10,12,17H,11H2,1-3H3,(H,22,25,26)/t17-/m0/s1. The number of fused-ring (bicyclic) bond motifs is 1. The van der Waals surface area contributed by atoms with Gasteiger partial charge in [-0.15, -0.1) is 0 Å². The van der Waals surface area contributed by atoms with E-state index in [9.17, 15) is 24.0 Å². The highest BCUT2D eigenvalue weighted by Gasteiger charge is 2.44. The topological polar surface area (TPSA) is 115 Å². The number of benzene rings is 1. The molecule has 30 heavy (non-hydrogen) atoms. The van der Waals surface area contributed by atoms with Crippen LogP contribution in [0.3, 0.4) is 0 Å². The van der Waals surface area contributed by atoms with Crippen molar-refractivity contribution in [2.45, 2.75) is 19.9 Å². The maximum Gasteiger partial charge on any atom is 0.330 e. The normalized spacial score (nSPS) is 13.9. The summed E-state index contributed by atoms with van der Waals surface area (Å²) in [6.07, 6.45) is 1.65. The molecule has 4 amide bonds. The molecule has 1 N–H and O–H groups in total. The molecule has 0 unspecified atom stereocenters. The summed E-state index contributed by atoms with van der Waals surface area (Å²) >= 11 is 0. The number of esters is 1. The van der Waals surface area contributed by atoms with Crippen LogP contribution >= 0.6 is 0 Å². The highest BCUT2D eigenvalue weighted by atomic mass is 16.5. The molecule has 0 saturated carbocycles. The van der Waals surface area contributed by atoms with Crippen LogP contribution < -0.4 is 5.32 Å². The summed E-state index contributed by atoms with van der Waals surface area (Å²) in [6, 6.07) is 8.27. The zero-order valence-corrected chi connectivity index (χ0v) is 16.7. The molecule has 0 bridgehead atoms. The lowest BCUT2D eigenvalue weighted by molar-refractivity contribution is -0.153. The van der Waals surface area contributed by atoms with Crippen LogP contribution in [0.5, 0.6) is 0 Å². The number of carbonyl (C=O) groups is 5. The van der Waals surface area contributed by atoms with Crippen LogP contribution in [-0.2, 0) is 21.4 Å². The Morgan fingerprint density at radius 2 is 1.60 bits per heavy atom. The zero-order valence-electron chi connectivity index (χ0n) is 16.7. The van der Waals surface area contributed by atoms with Crippen LogP contribution in [0.15, 0.2) is 42.6 Å². The van der Waals surface area contributed by atoms with Gasteiger partial charge in [0.25, 0.3) is 23.6 Å². The third-order valence-corrected chi connectivity index (χ3v) is 4.75. The van der Waals surface area contributed by atoms with Gasteiger partial charge < -0.3 is 9.30 Å². The van der Waals surface area contributed by atoms with E-state index in [4.69, 9.17) is 4.74 Å². The van der Waals surface area contributed by atoms with Gasteiger partial charge in [0.1, 0.15) is 11.7 Å². The largest absolute Gasteiger partial charge is 0.454 e. The summed E-state index contributed by atoms with van der Waals surface area (Å²) in [6.45, 7) is 2.60. The molecule has 1 aliphatic rings. The van der Waals surface area contributed by atoms with Gasteiger partial charge in [0.2, 0.25) is 0 Å². The Morgan fingerprint density at radius 1 is 1.00 bits per heavy atom. The fraction of sp³-hybridized carbons (Fsp3) is 0.286. The molecule has 156 valence electrons. The Kier molecular flexibility index (Phi) is 5.81. The number of carbonyl (C=O) groups excluding carboxylic acids is 5. The van der Waals surface area contributed by atoms with Crippen LogP contribution in [0.25, 0.3) is 0 Å². The molecule has 0 fully saturated rings.